The number of nitrogens with zero attached hydrogens (tertiary/aromatic N) is 2. The molecule has 17 heavy (non-hydrogen) atoms. The van der Waals surface area contributed by atoms with Crippen molar-refractivity contribution in [3.8, 4) is 5.88 Å². The van der Waals surface area contributed by atoms with Gasteiger partial charge in [0.1, 0.15) is 0 Å². The number of rotatable bonds is 1. The number of hydrogen-bond donors (Lipinski definition) is 2. The van der Waals surface area contributed by atoms with E-state index in [4.69, 9.17) is 0 Å². The van der Waals surface area contributed by atoms with Crippen LogP contribution in [0.15, 0.2) is 38.8 Å². The minimum atomic E-state index is -0.263. The topological polar surface area (TPSA) is 68.7 Å². The van der Waals surface area contributed by atoms with Crippen LogP contribution in [-0.4, -0.2) is 20.6 Å². The Morgan fingerprint density at radius 1 is 1.53 bits per heavy atom. The third-order valence-corrected chi connectivity index (χ3v) is 3.77. The fourth-order valence-corrected chi connectivity index (χ4v) is 2.75. The third kappa shape index (κ3) is 1.94. The standard InChI is InChI=1S/C10H7N3O2S2/c14-9-8(16-10(15)12-9)4-6-1-2-13-7(3-6)5-11-17-13/h1-5,14H,(H,12,15). The van der Waals surface area contributed by atoms with E-state index in [1.54, 1.807) is 12.3 Å². The van der Waals surface area contributed by atoms with Crippen molar-refractivity contribution in [1.82, 2.24) is 9.29 Å². The van der Waals surface area contributed by atoms with Crippen molar-refractivity contribution in [3.63, 3.8) is 0 Å². The van der Waals surface area contributed by atoms with Gasteiger partial charge in [-0.3, -0.25) is 14.1 Å². The van der Waals surface area contributed by atoms with E-state index in [9.17, 15) is 9.90 Å². The fourth-order valence-electron chi connectivity index (χ4n) is 1.49. The number of aromatic amines is 1. The van der Waals surface area contributed by atoms with E-state index in [0.717, 1.165) is 22.6 Å². The molecule has 0 spiro atoms. The van der Waals surface area contributed by atoms with E-state index in [-0.39, 0.29) is 10.8 Å². The average Bonchev–Trinajstić information content (AvgIpc) is 2.85. The number of fused-ring (bicyclic) bond motifs is 1. The molecule has 0 atom stereocenters. The zero-order valence-electron chi connectivity index (χ0n) is 8.45. The predicted octanol–water partition coefficient (Wildman–Crippen LogP) is 1.89. The molecule has 1 aromatic heterocycles. The summed E-state index contributed by atoms with van der Waals surface area (Å²) in [6.45, 7) is 0. The average molecular weight is 265 g/mol. The fraction of sp³-hybridized carbons (Fsp3) is 0. The molecule has 0 amide bonds. The Morgan fingerprint density at radius 2 is 2.41 bits per heavy atom. The van der Waals surface area contributed by atoms with Crippen LogP contribution in [0.4, 0.5) is 0 Å². The molecule has 2 aliphatic rings. The molecule has 86 valence electrons. The van der Waals surface area contributed by atoms with Gasteiger partial charge in [0.25, 0.3) is 0 Å². The highest BCUT2D eigenvalue weighted by Crippen LogP contribution is 2.30. The van der Waals surface area contributed by atoms with E-state index in [1.165, 1.54) is 12.1 Å². The lowest BCUT2D eigenvalue weighted by molar-refractivity contribution is 0.455. The lowest BCUT2D eigenvalue weighted by atomic mass is 10.1. The summed E-state index contributed by atoms with van der Waals surface area (Å²) >= 11 is 2.34. The zero-order chi connectivity index (χ0) is 11.8. The summed E-state index contributed by atoms with van der Waals surface area (Å²) in [6, 6.07) is 0. The Balaban J connectivity index is 1.98. The highest BCUT2D eigenvalue weighted by Gasteiger charge is 2.15. The molecular weight excluding hydrogens is 258 g/mol. The molecule has 1 aromatic rings. The molecule has 3 heterocycles. The second-order valence-electron chi connectivity index (χ2n) is 3.40. The van der Waals surface area contributed by atoms with Crippen LogP contribution in [0, 0.1) is 0 Å². The first-order chi connectivity index (χ1) is 8.22. The van der Waals surface area contributed by atoms with E-state index in [2.05, 4.69) is 9.38 Å². The van der Waals surface area contributed by atoms with E-state index >= 15 is 0 Å². The van der Waals surface area contributed by atoms with Crippen molar-refractivity contribution in [1.29, 1.82) is 0 Å². The second kappa shape index (κ2) is 3.94. The van der Waals surface area contributed by atoms with Crippen LogP contribution in [-0.2, 0) is 0 Å². The molecule has 7 heteroatoms. The number of H-pyrrole nitrogens is 1. The molecule has 0 radical (unpaired) electrons. The number of aromatic hydroxyl groups is 1. The summed E-state index contributed by atoms with van der Waals surface area (Å²) in [5, 5.41) is 9.47. The number of hydrogen-bond acceptors (Lipinski definition) is 6. The molecule has 0 aliphatic carbocycles. The highest BCUT2D eigenvalue weighted by atomic mass is 32.2. The van der Waals surface area contributed by atoms with Crippen molar-refractivity contribution >= 4 is 35.8 Å². The van der Waals surface area contributed by atoms with E-state index in [1.807, 2.05) is 22.7 Å². The molecule has 5 nitrogen and oxygen atoms in total. The maximum absolute atomic E-state index is 11.0. The van der Waals surface area contributed by atoms with Crippen molar-refractivity contribution in [2.45, 2.75) is 0 Å². The molecule has 0 saturated carbocycles. The van der Waals surface area contributed by atoms with E-state index in [0.29, 0.717) is 4.88 Å². The zero-order valence-corrected chi connectivity index (χ0v) is 10.1. The number of nitrogens with one attached hydrogen (secondary N) is 1. The first-order valence-corrected chi connectivity index (χ1v) is 6.30. The molecule has 0 bridgehead atoms. The lowest BCUT2D eigenvalue weighted by Gasteiger charge is -2.14. The van der Waals surface area contributed by atoms with Crippen molar-refractivity contribution in [2.24, 2.45) is 4.40 Å². The molecule has 0 unspecified atom stereocenters. The molecule has 2 N–H and O–H groups in total. The largest absolute Gasteiger partial charge is 0.493 e. The Hall–Kier alpha value is -1.73. The number of thiazole rings is 1. The van der Waals surface area contributed by atoms with Crippen molar-refractivity contribution < 1.29 is 5.11 Å². The van der Waals surface area contributed by atoms with Gasteiger partial charge in [-0.1, -0.05) is 11.3 Å². The smallest absolute Gasteiger partial charge is 0.307 e. The van der Waals surface area contributed by atoms with Gasteiger partial charge in [-0.25, -0.2) is 4.40 Å². The third-order valence-electron chi connectivity index (χ3n) is 2.25. The molecule has 0 fully saturated rings. The van der Waals surface area contributed by atoms with E-state index < -0.39 is 0 Å². The maximum atomic E-state index is 11.0. The van der Waals surface area contributed by atoms with Crippen molar-refractivity contribution in [2.75, 3.05) is 0 Å². The summed E-state index contributed by atoms with van der Waals surface area (Å²) in [7, 11) is 0. The highest BCUT2D eigenvalue weighted by molar-refractivity contribution is 7.96. The van der Waals surface area contributed by atoms with Gasteiger partial charge < -0.3 is 5.11 Å². The molecule has 0 aromatic carbocycles. The van der Waals surface area contributed by atoms with Gasteiger partial charge in [-0.05, 0) is 23.8 Å². The Kier molecular flexibility index (Phi) is 2.41. The molecule has 0 saturated heterocycles. The SMILES string of the molecule is O=c1[nH]c(O)c(C=C2C=CN3SN=CC3=C2)s1. The van der Waals surface area contributed by atoms with Gasteiger partial charge in [-0.15, -0.1) is 0 Å². The van der Waals surface area contributed by atoms with Gasteiger partial charge in [0.2, 0.25) is 5.88 Å². The van der Waals surface area contributed by atoms with Crippen LogP contribution in [0.1, 0.15) is 4.88 Å². The summed E-state index contributed by atoms with van der Waals surface area (Å²) in [4.78, 5) is 13.6. The normalized spacial score (nSPS) is 19.9. The summed E-state index contributed by atoms with van der Waals surface area (Å²) in [5.74, 6) is -0.0869. The second-order valence-corrected chi connectivity index (χ2v) is 5.18. The Morgan fingerprint density at radius 3 is 3.18 bits per heavy atom. The number of aromatic nitrogens is 1. The summed E-state index contributed by atoms with van der Waals surface area (Å²) < 4.78 is 5.99. The Bertz CT molecular complexity index is 636. The van der Waals surface area contributed by atoms with Gasteiger partial charge >= 0.3 is 4.87 Å². The van der Waals surface area contributed by atoms with Crippen LogP contribution in [0.5, 0.6) is 5.88 Å². The minimum absolute atomic E-state index is 0.0869. The van der Waals surface area contributed by atoms with Gasteiger partial charge in [-0.2, -0.15) is 0 Å². The lowest BCUT2D eigenvalue weighted by Crippen LogP contribution is -2.06. The molecule has 2 aliphatic heterocycles. The minimum Gasteiger partial charge on any atom is -0.493 e. The van der Waals surface area contributed by atoms with Crippen LogP contribution in [0.2, 0.25) is 0 Å². The van der Waals surface area contributed by atoms with Crippen LogP contribution >= 0.6 is 23.5 Å². The summed E-state index contributed by atoms with van der Waals surface area (Å²) in [5.41, 5.74) is 1.89. The predicted molar refractivity (Wildman–Crippen MR) is 69.7 cm³/mol. The maximum Gasteiger partial charge on any atom is 0.307 e. The molecular formula is C10H7N3O2S2. The van der Waals surface area contributed by atoms with Crippen molar-refractivity contribution in [3.05, 3.63) is 44.2 Å². The Labute approximate surface area is 105 Å². The van der Waals surface area contributed by atoms with Crippen LogP contribution < -0.4 is 4.87 Å². The summed E-state index contributed by atoms with van der Waals surface area (Å²) in [6.07, 6.45) is 9.25. The quantitative estimate of drug-likeness (QED) is 0.761. The van der Waals surface area contributed by atoms with Gasteiger partial charge in [0.05, 0.1) is 28.9 Å². The number of allylic oxidation sites excluding steroid dienone is 4. The first-order valence-electron chi connectivity index (χ1n) is 4.76. The first kappa shape index (κ1) is 10.4. The molecule has 3 rings (SSSR count). The van der Waals surface area contributed by atoms with Crippen LogP contribution in [0.25, 0.3) is 6.08 Å². The van der Waals surface area contributed by atoms with Gasteiger partial charge in [0.15, 0.2) is 0 Å². The van der Waals surface area contributed by atoms with Crippen LogP contribution in [0.3, 0.4) is 0 Å². The monoisotopic (exact) mass is 265 g/mol. The van der Waals surface area contributed by atoms with Gasteiger partial charge in [0, 0.05) is 6.20 Å².